The van der Waals surface area contributed by atoms with Gasteiger partial charge in [-0.15, -0.1) is 0 Å². The van der Waals surface area contributed by atoms with E-state index in [9.17, 15) is 0 Å². The van der Waals surface area contributed by atoms with E-state index in [-0.39, 0.29) is 0 Å². The van der Waals surface area contributed by atoms with Crippen molar-refractivity contribution in [3.05, 3.63) is 29.3 Å². The number of fused-ring (bicyclic) bond motifs is 1. The number of hydrogen-bond donors (Lipinski definition) is 1. The van der Waals surface area contributed by atoms with Gasteiger partial charge >= 0.3 is 0 Å². The summed E-state index contributed by atoms with van der Waals surface area (Å²) in [4.78, 5) is 0. The highest BCUT2D eigenvalue weighted by atomic mass is 16.5. The standard InChI is InChI=1S/C18H27NO2/c1-19-18-8-3-5-13-9-10-16(12-17(13)18)21-15-7-4-6-14(11-15)20-2/h9-10,12,14-15,18-19H,3-8,11H2,1-2H3. The number of benzene rings is 1. The van der Waals surface area contributed by atoms with Crippen molar-refractivity contribution in [1.82, 2.24) is 5.32 Å². The lowest BCUT2D eigenvalue weighted by Crippen LogP contribution is -2.29. The van der Waals surface area contributed by atoms with Crippen LogP contribution in [0.25, 0.3) is 0 Å². The number of methoxy groups -OCH3 is 1. The van der Waals surface area contributed by atoms with Gasteiger partial charge in [0.15, 0.2) is 0 Å². The van der Waals surface area contributed by atoms with E-state index in [2.05, 4.69) is 30.6 Å². The molecule has 0 aliphatic heterocycles. The minimum Gasteiger partial charge on any atom is -0.490 e. The minimum absolute atomic E-state index is 0.304. The van der Waals surface area contributed by atoms with Crippen LogP contribution in [0.1, 0.15) is 55.7 Å². The van der Waals surface area contributed by atoms with Crippen LogP contribution < -0.4 is 10.1 Å². The van der Waals surface area contributed by atoms with Gasteiger partial charge in [0.2, 0.25) is 0 Å². The highest BCUT2D eigenvalue weighted by Gasteiger charge is 2.24. The zero-order chi connectivity index (χ0) is 14.7. The van der Waals surface area contributed by atoms with Crippen LogP contribution in [-0.2, 0) is 11.2 Å². The molecule has 3 rings (SSSR count). The Balaban J connectivity index is 1.71. The first-order valence-corrected chi connectivity index (χ1v) is 8.29. The molecule has 1 aromatic rings. The molecule has 21 heavy (non-hydrogen) atoms. The lowest BCUT2D eigenvalue weighted by Gasteiger charge is -2.30. The third-order valence-corrected chi connectivity index (χ3v) is 4.99. The number of rotatable bonds is 4. The van der Waals surface area contributed by atoms with E-state index >= 15 is 0 Å². The molecule has 1 aromatic carbocycles. The van der Waals surface area contributed by atoms with Crippen LogP contribution in [0, 0.1) is 0 Å². The molecule has 0 radical (unpaired) electrons. The van der Waals surface area contributed by atoms with Crippen molar-refractivity contribution in [2.75, 3.05) is 14.2 Å². The van der Waals surface area contributed by atoms with E-state index in [1.54, 1.807) is 0 Å². The average molecular weight is 289 g/mol. The van der Waals surface area contributed by atoms with Gasteiger partial charge in [0, 0.05) is 19.6 Å². The Morgan fingerprint density at radius 2 is 1.95 bits per heavy atom. The monoisotopic (exact) mass is 289 g/mol. The molecule has 0 heterocycles. The van der Waals surface area contributed by atoms with Crippen molar-refractivity contribution in [3.63, 3.8) is 0 Å². The Hall–Kier alpha value is -1.06. The fourth-order valence-electron chi connectivity index (χ4n) is 3.77. The Morgan fingerprint density at radius 1 is 1.10 bits per heavy atom. The van der Waals surface area contributed by atoms with Crippen molar-refractivity contribution < 1.29 is 9.47 Å². The Morgan fingerprint density at radius 3 is 2.76 bits per heavy atom. The van der Waals surface area contributed by atoms with Crippen molar-refractivity contribution in [2.45, 2.75) is 63.2 Å². The molecule has 116 valence electrons. The molecular formula is C18H27NO2. The lowest BCUT2D eigenvalue weighted by atomic mass is 9.87. The molecule has 2 aliphatic carbocycles. The second kappa shape index (κ2) is 6.80. The average Bonchev–Trinajstić information content (AvgIpc) is 2.54. The first-order chi connectivity index (χ1) is 10.3. The van der Waals surface area contributed by atoms with Gasteiger partial charge < -0.3 is 14.8 Å². The molecule has 0 spiro atoms. The highest BCUT2D eigenvalue weighted by Crippen LogP contribution is 2.33. The van der Waals surface area contributed by atoms with Crippen molar-refractivity contribution in [2.24, 2.45) is 0 Å². The first kappa shape index (κ1) is 14.9. The highest BCUT2D eigenvalue weighted by molar-refractivity contribution is 5.39. The van der Waals surface area contributed by atoms with Gasteiger partial charge in [-0.2, -0.15) is 0 Å². The molecule has 3 nitrogen and oxygen atoms in total. The largest absolute Gasteiger partial charge is 0.490 e. The Kier molecular flexibility index (Phi) is 4.81. The topological polar surface area (TPSA) is 30.5 Å². The number of nitrogens with one attached hydrogen (secondary N) is 1. The van der Waals surface area contributed by atoms with E-state index < -0.39 is 0 Å². The maximum atomic E-state index is 6.24. The van der Waals surface area contributed by atoms with E-state index in [4.69, 9.17) is 9.47 Å². The Labute approximate surface area is 128 Å². The van der Waals surface area contributed by atoms with E-state index in [1.165, 1.54) is 43.2 Å². The second-order valence-electron chi connectivity index (χ2n) is 6.36. The molecule has 0 bridgehead atoms. The minimum atomic E-state index is 0.304. The summed E-state index contributed by atoms with van der Waals surface area (Å²) in [6.07, 6.45) is 8.90. The summed E-state index contributed by atoms with van der Waals surface area (Å²) < 4.78 is 11.7. The van der Waals surface area contributed by atoms with E-state index in [0.717, 1.165) is 18.6 Å². The van der Waals surface area contributed by atoms with Gasteiger partial charge in [-0.05, 0) is 68.8 Å². The maximum absolute atomic E-state index is 6.24. The van der Waals surface area contributed by atoms with Gasteiger partial charge in [-0.25, -0.2) is 0 Å². The number of ether oxygens (including phenoxy) is 2. The molecule has 1 fully saturated rings. The fourth-order valence-corrected chi connectivity index (χ4v) is 3.77. The third-order valence-electron chi connectivity index (χ3n) is 4.99. The molecule has 3 unspecified atom stereocenters. The Bertz CT molecular complexity index is 474. The third kappa shape index (κ3) is 3.41. The predicted molar refractivity (Wildman–Crippen MR) is 84.9 cm³/mol. The zero-order valence-corrected chi connectivity index (χ0v) is 13.2. The zero-order valence-electron chi connectivity index (χ0n) is 13.2. The smallest absolute Gasteiger partial charge is 0.120 e. The maximum Gasteiger partial charge on any atom is 0.120 e. The first-order valence-electron chi connectivity index (χ1n) is 8.29. The molecule has 3 heteroatoms. The SMILES string of the molecule is CNC1CCCc2ccc(OC3CCCC(OC)C3)cc21. The molecule has 1 N–H and O–H groups in total. The van der Waals surface area contributed by atoms with Crippen molar-refractivity contribution >= 4 is 0 Å². The number of hydrogen-bond acceptors (Lipinski definition) is 3. The fraction of sp³-hybridized carbons (Fsp3) is 0.667. The quantitative estimate of drug-likeness (QED) is 0.918. The van der Waals surface area contributed by atoms with E-state index in [1.807, 2.05) is 7.11 Å². The van der Waals surface area contributed by atoms with Crippen LogP contribution in [0.5, 0.6) is 5.75 Å². The van der Waals surface area contributed by atoms with Crippen LogP contribution in [0.4, 0.5) is 0 Å². The van der Waals surface area contributed by atoms with Gasteiger partial charge in [0.1, 0.15) is 11.9 Å². The molecule has 0 aromatic heterocycles. The molecule has 2 aliphatic rings. The van der Waals surface area contributed by atoms with Crippen LogP contribution in [0.15, 0.2) is 18.2 Å². The van der Waals surface area contributed by atoms with Crippen LogP contribution in [0.3, 0.4) is 0 Å². The molecule has 1 saturated carbocycles. The summed E-state index contributed by atoms with van der Waals surface area (Å²) in [5, 5.41) is 3.43. The summed E-state index contributed by atoms with van der Waals surface area (Å²) >= 11 is 0. The summed E-state index contributed by atoms with van der Waals surface area (Å²) in [6, 6.07) is 7.14. The molecule has 0 amide bonds. The summed E-state index contributed by atoms with van der Waals surface area (Å²) in [5.41, 5.74) is 2.91. The van der Waals surface area contributed by atoms with Gasteiger partial charge in [0.05, 0.1) is 6.10 Å². The van der Waals surface area contributed by atoms with Gasteiger partial charge in [0.25, 0.3) is 0 Å². The summed E-state index contributed by atoms with van der Waals surface area (Å²) in [6.45, 7) is 0. The molecule has 3 atom stereocenters. The van der Waals surface area contributed by atoms with E-state index in [0.29, 0.717) is 18.2 Å². The van der Waals surface area contributed by atoms with Crippen molar-refractivity contribution in [1.29, 1.82) is 0 Å². The van der Waals surface area contributed by atoms with Crippen LogP contribution in [-0.4, -0.2) is 26.4 Å². The summed E-state index contributed by atoms with van der Waals surface area (Å²) in [7, 11) is 3.86. The number of aryl methyl sites for hydroxylation is 1. The van der Waals surface area contributed by atoms with Gasteiger partial charge in [-0.3, -0.25) is 0 Å². The molecule has 0 saturated heterocycles. The normalized spacial score (nSPS) is 29.0. The lowest BCUT2D eigenvalue weighted by molar-refractivity contribution is 0.0209. The van der Waals surface area contributed by atoms with Gasteiger partial charge in [-0.1, -0.05) is 6.07 Å². The van der Waals surface area contributed by atoms with Crippen molar-refractivity contribution in [3.8, 4) is 5.75 Å². The molecular weight excluding hydrogens is 262 g/mol. The van der Waals surface area contributed by atoms with Crippen LogP contribution in [0.2, 0.25) is 0 Å². The predicted octanol–water partition coefficient (Wildman–Crippen LogP) is 3.62. The van der Waals surface area contributed by atoms with Crippen LogP contribution >= 0.6 is 0 Å². The summed E-state index contributed by atoms with van der Waals surface area (Å²) in [5.74, 6) is 1.03. The second-order valence-corrected chi connectivity index (χ2v) is 6.36.